The first-order valence-corrected chi connectivity index (χ1v) is 8.12. The van der Waals surface area contributed by atoms with Gasteiger partial charge >= 0.3 is 0 Å². The summed E-state index contributed by atoms with van der Waals surface area (Å²) in [6, 6.07) is 8.00. The molecule has 0 aliphatic rings. The van der Waals surface area contributed by atoms with Crippen LogP contribution in [0.3, 0.4) is 0 Å². The third kappa shape index (κ3) is 4.36. The summed E-state index contributed by atoms with van der Waals surface area (Å²) in [5.74, 6) is 0.808. The van der Waals surface area contributed by atoms with Gasteiger partial charge in [0, 0.05) is 24.6 Å². The zero-order chi connectivity index (χ0) is 15.2. The number of thioether (sulfide) groups is 1. The van der Waals surface area contributed by atoms with Gasteiger partial charge in [0.1, 0.15) is 0 Å². The summed E-state index contributed by atoms with van der Waals surface area (Å²) in [5, 5.41) is 3.82. The largest absolute Gasteiger partial charge is 0.326 e. The maximum atomic E-state index is 12.0. The first-order chi connectivity index (χ1) is 10.1. The molecule has 2 rings (SSSR count). The van der Waals surface area contributed by atoms with E-state index in [1.807, 2.05) is 29.0 Å². The maximum Gasteiger partial charge on any atom is 0.234 e. The van der Waals surface area contributed by atoms with Crippen LogP contribution in [-0.2, 0) is 11.3 Å². The van der Waals surface area contributed by atoms with E-state index in [1.54, 1.807) is 6.20 Å². The predicted molar refractivity (Wildman–Crippen MR) is 87.8 cm³/mol. The highest BCUT2D eigenvalue weighted by atomic mass is 32.2. The molecule has 0 fully saturated rings. The second-order valence-electron chi connectivity index (χ2n) is 5.11. The van der Waals surface area contributed by atoms with E-state index in [4.69, 9.17) is 0 Å². The number of anilines is 1. The molecule has 1 aromatic heterocycles. The molecule has 0 aliphatic carbocycles. The van der Waals surface area contributed by atoms with Crippen molar-refractivity contribution in [3.05, 3.63) is 42.2 Å². The molecule has 0 aliphatic heterocycles. The van der Waals surface area contributed by atoms with Gasteiger partial charge in [-0.3, -0.25) is 4.79 Å². The van der Waals surface area contributed by atoms with Crippen molar-refractivity contribution in [3.8, 4) is 0 Å². The second kappa shape index (κ2) is 7.31. The molecule has 1 aromatic carbocycles. The lowest BCUT2D eigenvalue weighted by Gasteiger charge is -2.09. The number of aromatic nitrogens is 2. The topological polar surface area (TPSA) is 46.9 Å². The monoisotopic (exact) mass is 303 g/mol. The van der Waals surface area contributed by atoms with Crippen LogP contribution < -0.4 is 5.32 Å². The molecule has 4 nitrogen and oxygen atoms in total. The van der Waals surface area contributed by atoms with Crippen LogP contribution in [-0.4, -0.2) is 21.2 Å². The number of aryl methyl sites for hydroxylation is 1. The zero-order valence-electron chi connectivity index (χ0n) is 12.7. The third-order valence-corrected chi connectivity index (χ3v) is 4.19. The number of amides is 1. The molecule has 1 N–H and O–H groups in total. The Hall–Kier alpha value is -1.75. The lowest BCUT2D eigenvalue weighted by Crippen LogP contribution is -2.14. The fourth-order valence-electron chi connectivity index (χ4n) is 1.98. The molecule has 112 valence electrons. The molecule has 0 spiro atoms. The SMILES string of the molecule is CCn1ccnc1SCC(=O)Nc1cccc(C(C)C)c1. The standard InChI is InChI=1S/C16H21N3OS/c1-4-19-9-8-17-16(19)21-11-15(20)18-14-7-5-6-13(10-14)12(2)3/h5-10,12H,4,11H2,1-3H3,(H,18,20). The Kier molecular flexibility index (Phi) is 5.44. The van der Waals surface area contributed by atoms with E-state index in [2.05, 4.69) is 37.1 Å². The molecule has 0 saturated heterocycles. The molecule has 2 aromatic rings. The first-order valence-electron chi connectivity index (χ1n) is 7.14. The minimum atomic E-state index is -0.00782. The van der Waals surface area contributed by atoms with Gasteiger partial charge in [-0.05, 0) is 30.5 Å². The Labute approximate surface area is 130 Å². The third-order valence-electron chi connectivity index (χ3n) is 3.19. The molecule has 21 heavy (non-hydrogen) atoms. The number of hydrogen-bond donors (Lipinski definition) is 1. The van der Waals surface area contributed by atoms with Gasteiger partial charge in [-0.1, -0.05) is 37.7 Å². The molecular formula is C16H21N3OS. The van der Waals surface area contributed by atoms with Crippen molar-refractivity contribution in [2.75, 3.05) is 11.1 Å². The van der Waals surface area contributed by atoms with E-state index in [0.717, 1.165) is 17.4 Å². The van der Waals surface area contributed by atoms with Crippen LogP contribution in [0.4, 0.5) is 5.69 Å². The van der Waals surface area contributed by atoms with Crippen LogP contribution in [0.5, 0.6) is 0 Å². The fraction of sp³-hybridized carbons (Fsp3) is 0.375. The van der Waals surface area contributed by atoms with Crippen LogP contribution >= 0.6 is 11.8 Å². The van der Waals surface area contributed by atoms with Gasteiger partial charge in [0.05, 0.1) is 5.75 Å². The summed E-state index contributed by atoms with van der Waals surface area (Å²) < 4.78 is 2.03. The van der Waals surface area contributed by atoms with E-state index in [-0.39, 0.29) is 5.91 Å². The lowest BCUT2D eigenvalue weighted by atomic mass is 10.0. The van der Waals surface area contributed by atoms with E-state index < -0.39 is 0 Å². The minimum absolute atomic E-state index is 0.00782. The van der Waals surface area contributed by atoms with Gasteiger partial charge in [0.2, 0.25) is 5.91 Å². The minimum Gasteiger partial charge on any atom is -0.326 e. The highest BCUT2D eigenvalue weighted by Gasteiger charge is 2.08. The van der Waals surface area contributed by atoms with Gasteiger partial charge in [-0.15, -0.1) is 0 Å². The van der Waals surface area contributed by atoms with Crippen LogP contribution in [0, 0.1) is 0 Å². The van der Waals surface area contributed by atoms with Crippen LogP contribution in [0.1, 0.15) is 32.3 Å². The smallest absolute Gasteiger partial charge is 0.234 e. The number of rotatable bonds is 6. The molecule has 0 atom stereocenters. The van der Waals surface area contributed by atoms with Crippen molar-refractivity contribution < 1.29 is 4.79 Å². The van der Waals surface area contributed by atoms with Gasteiger partial charge in [0.15, 0.2) is 5.16 Å². The molecule has 0 unspecified atom stereocenters. The number of benzene rings is 1. The van der Waals surface area contributed by atoms with E-state index in [9.17, 15) is 4.79 Å². The maximum absolute atomic E-state index is 12.0. The molecule has 1 amide bonds. The van der Waals surface area contributed by atoms with Gasteiger partial charge < -0.3 is 9.88 Å². The number of imidazole rings is 1. The van der Waals surface area contributed by atoms with Crippen molar-refractivity contribution in [2.24, 2.45) is 0 Å². The Morgan fingerprint density at radius 1 is 1.43 bits per heavy atom. The van der Waals surface area contributed by atoms with Gasteiger partial charge in [-0.2, -0.15) is 0 Å². The molecular weight excluding hydrogens is 282 g/mol. The summed E-state index contributed by atoms with van der Waals surface area (Å²) in [6.07, 6.45) is 3.68. The van der Waals surface area contributed by atoms with E-state index >= 15 is 0 Å². The number of hydrogen-bond acceptors (Lipinski definition) is 3. The highest BCUT2D eigenvalue weighted by Crippen LogP contribution is 2.20. The number of nitrogens with zero attached hydrogens (tertiary/aromatic N) is 2. The number of nitrogens with one attached hydrogen (secondary N) is 1. The average Bonchev–Trinajstić information content (AvgIpc) is 2.93. The summed E-state index contributed by atoms with van der Waals surface area (Å²) in [6.45, 7) is 7.20. The van der Waals surface area contributed by atoms with Crippen molar-refractivity contribution in [1.29, 1.82) is 0 Å². The van der Waals surface area contributed by atoms with Crippen molar-refractivity contribution in [2.45, 2.75) is 38.4 Å². The summed E-state index contributed by atoms with van der Waals surface area (Å²) in [5.41, 5.74) is 2.08. The molecule has 0 radical (unpaired) electrons. The zero-order valence-corrected chi connectivity index (χ0v) is 13.5. The molecule has 0 saturated carbocycles. The van der Waals surface area contributed by atoms with Gasteiger partial charge in [0.25, 0.3) is 0 Å². The Morgan fingerprint density at radius 3 is 2.95 bits per heavy atom. The predicted octanol–water partition coefficient (Wildman–Crippen LogP) is 3.76. The number of carbonyl (C=O) groups excluding carboxylic acids is 1. The molecule has 0 bridgehead atoms. The first kappa shape index (κ1) is 15.6. The fourth-order valence-corrected chi connectivity index (χ4v) is 2.80. The van der Waals surface area contributed by atoms with Crippen molar-refractivity contribution >= 4 is 23.4 Å². The quantitative estimate of drug-likeness (QED) is 0.827. The van der Waals surface area contributed by atoms with E-state index in [0.29, 0.717) is 11.7 Å². The summed E-state index contributed by atoms with van der Waals surface area (Å²) in [7, 11) is 0. The summed E-state index contributed by atoms with van der Waals surface area (Å²) in [4.78, 5) is 16.3. The van der Waals surface area contributed by atoms with E-state index in [1.165, 1.54) is 17.3 Å². The van der Waals surface area contributed by atoms with Crippen LogP contribution in [0.25, 0.3) is 0 Å². The highest BCUT2D eigenvalue weighted by molar-refractivity contribution is 7.99. The second-order valence-corrected chi connectivity index (χ2v) is 6.06. The van der Waals surface area contributed by atoms with Crippen molar-refractivity contribution in [3.63, 3.8) is 0 Å². The Balaban J connectivity index is 1.91. The van der Waals surface area contributed by atoms with Crippen LogP contribution in [0.15, 0.2) is 41.8 Å². The average molecular weight is 303 g/mol. The Morgan fingerprint density at radius 2 is 2.24 bits per heavy atom. The molecule has 1 heterocycles. The van der Waals surface area contributed by atoms with Crippen LogP contribution in [0.2, 0.25) is 0 Å². The molecule has 5 heteroatoms. The normalized spacial score (nSPS) is 10.9. The Bertz CT molecular complexity index is 607. The van der Waals surface area contributed by atoms with Crippen molar-refractivity contribution in [1.82, 2.24) is 9.55 Å². The summed E-state index contributed by atoms with van der Waals surface area (Å²) >= 11 is 1.46. The number of carbonyl (C=O) groups is 1. The lowest BCUT2D eigenvalue weighted by molar-refractivity contribution is -0.113. The van der Waals surface area contributed by atoms with Gasteiger partial charge in [-0.25, -0.2) is 4.98 Å².